The fraction of sp³-hybridized carbons (Fsp3) is 0.250. The molecule has 0 unspecified atom stereocenters. The Bertz CT molecular complexity index is 964. The lowest BCUT2D eigenvalue weighted by Gasteiger charge is -2.25. The molecule has 7 nitrogen and oxygen atoms in total. The summed E-state index contributed by atoms with van der Waals surface area (Å²) in [5.74, 6) is 1.46. The van der Waals surface area contributed by atoms with E-state index in [1.807, 2.05) is 0 Å². The van der Waals surface area contributed by atoms with Crippen molar-refractivity contribution in [3.05, 3.63) is 48.5 Å². The van der Waals surface area contributed by atoms with Crippen molar-refractivity contribution in [3.63, 3.8) is 0 Å². The second kappa shape index (κ2) is 7.47. The Morgan fingerprint density at radius 3 is 1.96 bits per heavy atom. The number of thioether (sulfide) groups is 1. The molecule has 1 N–H and O–H groups in total. The molecule has 1 aliphatic heterocycles. The van der Waals surface area contributed by atoms with E-state index >= 15 is 0 Å². The summed E-state index contributed by atoms with van der Waals surface area (Å²) >= 11 is 1.71. The van der Waals surface area contributed by atoms with Crippen molar-refractivity contribution in [1.29, 1.82) is 0 Å². The van der Waals surface area contributed by atoms with Crippen LogP contribution in [0.5, 0.6) is 11.5 Å². The first-order chi connectivity index (χ1) is 12.3. The summed E-state index contributed by atoms with van der Waals surface area (Å²) in [4.78, 5) is -0.0170. The molecule has 0 aliphatic carbocycles. The molecule has 10 heteroatoms. The number of benzene rings is 2. The summed E-state index contributed by atoms with van der Waals surface area (Å²) in [5, 5.41) is 9.23. The van der Waals surface area contributed by atoms with Gasteiger partial charge >= 0.3 is 10.1 Å². The molecule has 1 fully saturated rings. The standard InChI is InChI=1S/C16H17NO6S3/c18-13-1-5-16(6-2-13)26(21,22)23-14-3-7-15(8-4-14)25(19,20)17-9-11-24-12-10-17/h1-8,18H,9-12H2. The lowest BCUT2D eigenvalue weighted by atomic mass is 10.3. The van der Waals surface area contributed by atoms with Gasteiger partial charge in [0.1, 0.15) is 16.4 Å². The summed E-state index contributed by atoms with van der Waals surface area (Å²) in [7, 11) is -7.66. The number of hydrogen-bond donors (Lipinski definition) is 1. The Hall–Kier alpha value is -1.75. The Kier molecular flexibility index (Phi) is 5.47. The maximum absolute atomic E-state index is 12.6. The van der Waals surface area contributed by atoms with Gasteiger partial charge in [0.15, 0.2) is 0 Å². The third-order valence-electron chi connectivity index (χ3n) is 3.76. The molecule has 26 heavy (non-hydrogen) atoms. The van der Waals surface area contributed by atoms with Gasteiger partial charge in [-0.3, -0.25) is 0 Å². The predicted octanol–water partition coefficient (Wildman–Crippen LogP) is 1.90. The summed E-state index contributed by atoms with van der Waals surface area (Å²) < 4.78 is 56.0. The van der Waals surface area contributed by atoms with E-state index in [0.717, 1.165) is 11.5 Å². The van der Waals surface area contributed by atoms with Gasteiger partial charge in [0.25, 0.3) is 0 Å². The smallest absolute Gasteiger partial charge is 0.339 e. The van der Waals surface area contributed by atoms with Crippen LogP contribution in [0.2, 0.25) is 0 Å². The molecule has 0 saturated carbocycles. The van der Waals surface area contributed by atoms with Gasteiger partial charge in [-0.15, -0.1) is 0 Å². The highest BCUT2D eigenvalue weighted by molar-refractivity contribution is 7.99. The molecule has 0 atom stereocenters. The van der Waals surface area contributed by atoms with Crippen LogP contribution >= 0.6 is 11.8 Å². The molecule has 2 aromatic rings. The number of nitrogens with zero attached hydrogens (tertiary/aromatic N) is 1. The zero-order valence-corrected chi connectivity index (χ0v) is 16.1. The van der Waals surface area contributed by atoms with E-state index in [9.17, 15) is 21.9 Å². The lowest BCUT2D eigenvalue weighted by Crippen LogP contribution is -2.37. The Balaban J connectivity index is 1.78. The Morgan fingerprint density at radius 2 is 1.38 bits per heavy atom. The van der Waals surface area contributed by atoms with Gasteiger partial charge in [0.2, 0.25) is 10.0 Å². The van der Waals surface area contributed by atoms with E-state index in [1.165, 1.54) is 52.8 Å². The number of phenolic OH excluding ortho intramolecular Hbond substituents is 1. The molecule has 1 aliphatic rings. The highest BCUT2D eigenvalue weighted by atomic mass is 32.2. The average Bonchev–Trinajstić information content (AvgIpc) is 2.63. The Labute approximate surface area is 156 Å². The number of rotatable bonds is 5. The maximum Gasteiger partial charge on any atom is 0.339 e. The molecule has 1 heterocycles. The summed E-state index contributed by atoms with van der Waals surface area (Å²) in [5.41, 5.74) is 0. The van der Waals surface area contributed by atoms with Crippen LogP contribution in [0, 0.1) is 0 Å². The van der Waals surface area contributed by atoms with E-state index in [1.54, 1.807) is 11.8 Å². The monoisotopic (exact) mass is 415 g/mol. The third-order valence-corrected chi connectivity index (χ3v) is 7.88. The molecular weight excluding hydrogens is 398 g/mol. The first kappa shape index (κ1) is 19.0. The Morgan fingerprint density at radius 1 is 0.846 bits per heavy atom. The fourth-order valence-electron chi connectivity index (χ4n) is 2.39. The molecule has 3 rings (SSSR count). The van der Waals surface area contributed by atoms with E-state index in [-0.39, 0.29) is 21.3 Å². The van der Waals surface area contributed by atoms with E-state index in [0.29, 0.717) is 13.1 Å². The van der Waals surface area contributed by atoms with Crippen molar-refractivity contribution >= 4 is 31.9 Å². The van der Waals surface area contributed by atoms with E-state index < -0.39 is 20.1 Å². The van der Waals surface area contributed by atoms with Gasteiger partial charge in [-0.25, -0.2) is 8.42 Å². The first-order valence-corrected chi connectivity index (χ1v) is 11.7. The van der Waals surface area contributed by atoms with E-state index in [4.69, 9.17) is 4.18 Å². The number of aromatic hydroxyl groups is 1. The van der Waals surface area contributed by atoms with Crippen molar-refractivity contribution in [2.75, 3.05) is 24.6 Å². The number of phenols is 1. The largest absolute Gasteiger partial charge is 0.508 e. The second-order valence-corrected chi connectivity index (χ2v) is 10.2. The van der Waals surface area contributed by atoms with Crippen LogP contribution in [-0.4, -0.2) is 50.8 Å². The van der Waals surface area contributed by atoms with Crippen LogP contribution in [0.1, 0.15) is 0 Å². The van der Waals surface area contributed by atoms with Gasteiger partial charge in [-0.05, 0) is 48.5 Å². The van der Waals surface area contributed by atoms with Crippen molar-refractivity contribution in [1.82, 2.24) is 4.31 Å². The number of hydrogen-bond acceptors (Lipinski definition) is 7. The highest BCUT2D eigenvalue weighted by Gasteiger charge is 2.26. The summed E-state index contributed by atoms with van der Waals surface area (Å²) in [6.45, 7) is 0.918. The van der Waals surface area contributed by atoms with Crippen molar-refractivity contribution in [2.24, 2.45) is 0 Å². The summed E-state index contributed by atoms with van der Waals surface area (Å²) in [6, 6.07) is 10.2. The minimum atomic E-state index is -4.07. The number of sulfonamides is 1. The molecular formula is C16H17NO6S3. The van der Waals surface area contributed by atoms with Gasteiger partial charge < -0.3 is 9.29 Å². The molecule has 140 valence electrons. The van der Waals surface area contributed by atoms with Gasteiger partial charge in [0.05, 0.1) is 4.90 Å². The van der Waals surface area contributed by atoms with Crippen LogP contribution in [0.15, 0.2) is 58.3 Å². The van der Waals surface area contributed by atoms with Crippen LogP contribution < -0.4 is 4.18 Å². The van der Waals surface area contributed by atoms with Crippen LogP contribution in [-0.2, 0) is 20.1 Å². The van der Waals surface area contributed by atoms with Crippen molar-refractivity contribution in [2.45, 2.75) is 9.79 Å². The van der Waals surface area contributed by atoms with Crippen LogP contribution in [0.3, 0.4) is 0 Å². The molecule has 1 saturated heterocycles. The molecule has 0 bridgehead atoms. The molecule has 0 amide bonds. The second-order valence-electron chi connectivity index (χ2n) is 5.52. The average molecular weight is 416 g/mol. The normalized spacial score (nSPS) is 16.3. The molecule has 0 spiro atoms. The maximum atomic E-state index is 12.6. The van der Waals surface area contributed by atoms with E-state index in [2.05, 4.69) is 0 Å². The lowest BCUT2D eigenvalue weighted by molar-refractivity contribution is 0.443. The SMILES string of the molecule is O=S(=O)(Oc1ccc(S(=O)(=O)N2CCSCC2)cc1)c1ccc(O)cc1. The zero-order valence-electron chi connectivity index (χ0n) is 13.6. The van der Waals surface area contributed by atoms with Gasteiger partial charge in [-0.1, -0.05) is 0 Å². The molecule has 2 aromatic carbocycles. The van der Waals surface area contributed by atoms with Gasteiger partial charge in [0, 0.05) is 24.6 Å². The molecule has 0 aromatic heterocycles. The third kappa shape index (κ3) is 4.14. The minimum Gasteiger partial charge on any atom is -0.508 e. The first-order valence-electron chi connectivity index (χ1n) is 7.70. The van der Waals surface area contributed by atoms with Crippen LogP contribution in [0.25, 0.3) is 0 Å². The van der Waals surface area contributed by atoms with Crippen molar-refractivity contribution in [3.8, 4) is 11.5 Å². The van der Waals surface area contributed by atoms with Gasteiger partial charge in [-0.2, -0.15) is 24.5 Å². The topological polar surface area (TPSA) is 101 Å². The molecule has 0 radical (unpaired) electrons. The zero-order chi connectivity index (χ0) is 18.8. The highest BCUT2D eigenvalue weighted by Crippen LogP contribution is 2.24. The minimum absolute atomic E-state index is 0.00576. The fourth-order valence-corrected chi connectivity index (χ4v) is 5.90. The summed E-state index contributed by atoms with van der Waals surface area (Å²) in [6.07, 6.45) is 0. The quantitative estimate of drug-likeness (QED) is 0.744. The van der Waals surface area contributed by atoms with Crippen molar-refractivity contribution < 1.29 is 26.1 Å². The predicted molar refractivity (Wildman–Crippen MR) is 98.4 cm³/mol. The van der Waals surface area contributed by atoms with Crippen LogP contribution in [0.4, 0.5) is 0 Å².